The lowest BCUT2D eigenvalue weighted by Gasteiger charge is -2.07. The summed E-state index contributed by atoms with van der Waals surface area (Å²) in [7, 11) is -1.94. The van der Waals surface area contributed by atoms with E-state index < -0.39 is 10.0 Å². The van der Waals surface area contributed by atoms with Gasteiger partial charge in [-0.2, -0.15) is 5.26 Å². The van der Waals surface area contributed by atoms with Gasteiger partial charge in [-0.1, -0.05) is 18.2 Å². The Morgan fingerprint density at radius 1 is 1.14 bits per heavy atom. The molecule has 6 nitrogen and oxygen atoms in total. The van der Waals surface area contributed by atoms with Crippen LogP contribution < -0.4 is 9.88 Å². The number of primary sulfonamides is 1. The highest BCUT2D eigenvalue weighted by atomic mass is 32.2. The van der Waals surface area contributed by atoms with E-state index in [4.69, 9.17) is 15.1 Å². The van der Waals surface area contributed by atoms with Gasteiger partial charge in [0.25, 0.3) is 0 Å². The predicted octanol–water partition coefficient (Wildman–Crippen LogP) is 3.14. The summed E-state index contributed by atoms with van der Waals surface area (Å²) >= 11 is 0. The molecule has 3 rings (SSSR count). The second kappa shape index (κ2) is 8.46. The van der Waals surface area contributed by atoms with Crippen LogP contribution >= 0.6 is 0 Å². The maximum absolute atomic E-state index is 11.4. The normalized spacial score (nSPS) is 11.5. The zero-order chi connectivity index (χ0) is 20.1. The molecule has 0 fully saturated rings. The fourth-order valence-electron chi connectivity index (χ4n) is 3.40. The molecule has 0 aliphatic rings. The van der Waals surface area contributed by atoms with Crippen LogP contribution in [0.15, 0.2) is 48.7 Å². The Labute approximate surface area is 165 Å². The minimum Gasteiger partial charge on any atom is -0.497 e. The number of methoxy groups -OCH3 is 1. The van der Waals surface area contributed by atoms with Crippen LogP contribution in [0.25, 0.3) is 10.9 Å². The molecule has 7 heteroatoms. The number of hydrogen-bond donors (Lipinski definition) is 1. The van der Waals surface area contributed by atoms with Crippen LogP contribution in [-0.2, 0) is 35.2 Å². The van der Waals surface area contributed by atoms with Crippen molar-refractivity contribution in [2.24, 2.45) is 5.14 Å². The largest absolute Gasteiger partial charge is 0.497 e. The molecule has 0 saturated carbocycles. The molecule has 146 valence electrons. The second-order valence-electron chi connectivity index (χ2n) is 6.79. The Balaban J connectivity index is 1.79. The fourth-order valence-corrected chi connectivity index (χ4v) is 4.04. The molecule has 0 bridgehead atoms. The summed E-state index contributed by atoms with van der Waals surface area (Å²) in [5.41, 5.74) is 3.77. The predicted molar refractivity (Wildman–Crippen MR) is 109 cm³/mol. The maximum Gasteiger partial charge on any atom is 0.213 e. The number of nitriles is 1. The number of nitrogens with two attached hydrogens (primary N) is 1. The Kier molecular flexibility index (Phi) is 6.02. The Morgan fingerprint density at radius 3 is 2.50 bits per heavy atom. The molecule has 0 spiro atoms. The van der Waals surface area contributed by atoms with Gasteiger partial charge in [0.2, 0.25) is 10.0 Å². The van der Waals surface area contributed by atoms with Gasteiger partial charge in [-0.25, -0.2) is 13.6 Å². The molecular weight excluding hydrogens is 374 g/mol. The monoisotopic (exact) mass is 397 g/mol. The van der Waals surface area contributed by atoms with E-state index in [1.807, 2.05) is 30.5 Å². The summed E-state index contributed by atoms with van der Waals surface area (Å²) in [6, 6.07) is 15.7. The topological polar surface area (TPSA) is 98.1 Å². The van der Waals surface area contributed by atoms with E-state index in [2.05, 4.69) is 22.8 Å². The summed E-state index contributed by atoms with van der Waals surface area (Å²) in [6.07, 6.45) is 4.14. The van der Waals surface area contributed by atoms with Gasteiger partial charge in [0.05, 0.1) is 25.4 Å². The molecule has 3 aromatic rings. The van der Waals surface area contributed by atoms with Crippen LogP contribution in [0.1, 0.15) is 23.1 Å². The summed E-state index contributed by atoms with van der Waals surface area (Å²) < 4.78 is 30.1. The van der Waals surface area contributed by atoms with Crippen LogP contribution in [0.3, 0.4) is 0 Å². The first-order valence-corrected chi connectivity index (χ1v) is 10.7. The lowest BCUT2D eigenvalue weighted by Crippen LogP contribution is -2.14. The number of ether oxygens (including phenoxy) is 1. The van der Waals surface area contributed by atoms with Gasteiger partial charge in [0.1, 0.15) is 5.75 Å². The molecule has 28 heavy (non-hydrogen) atoms. The van der Waals surface area contributed by atoms with Gasteiger partial charge in [0, 0.05) is 23.6 Å². The highest BCUT2D eigenvalue weighted by Gasteiger charge is 2.12. The van der Waals surface area contributed by atoms with Crippen LogP contribution in [0.2, 0.25) is 0 Å². The van der Waals surface area contributed by atoms with Crippen molar-refractivity contribution in [3.63, 3.8) is 0 Å². The van der Waals surface area contributed by atoms with Crippen molar-refractivity contribution in [2.75, 3.05) is 7.11 Å². The van der Waals surface area contributed by atoms with E-state index in [0.717, 1.165) is 41.6 Å². The zero-order valence-corrected chi connectivity index (χ0v) is 16.6. The number of aryl methyl sites for hydroxylation is 2. The minimum atomic E-state index is -3.59. The molecule has 2 N–H and O–H groups in total. The highest BCUT2D eigenvalue weighted by Crippen LogP contribution is 2.25. The third-order valence-electron chi connectivity index (χ3n) is 4.69. The Hall–Kier alpha value is -2.82. The van der Waals surface area contributed by atoms with E-state index in [1.54, 1.807) is 13.2 Å². The van der Waals surface area contributed by atoms with E-state index in [1.165, 1.54) is 5.56 Å². The molecule has 0 aliphatic carbocycles. The molecule has 1 heterocycles. The van der Waals surface area contributed by atoms with E-state index in [-0.39, 0.29) is 12.2 Å². The number of fused-ring (bicyclic) bond motifs is 1. The molecule has 2 aromatic carbocycles. The standard InChI is InChI=1S/C21H23N3O3S/c1-27-19-7-4-16(5-8-19)3-2-12-24-14-18(10-11-22)20-13-17(6-9-21(20)24)15-28(23,25)26/h4-9,13-14H,2-3,10,12,15H2,1H3,(H2,23,25,26). The number of sulfonamides is 1. The summed E-state index contributed by atoms with van der Waals surface area (Å²) in [5, 5.41) is 15.2. The smallest absolute Gasteiger partial charge is 0.213 e. The summed E-state index contributed by atoms with van der Waals surface area (Å²) in [4.78, 5) is 0. The van der Waals surface area contributed by atoms with Gasteiger partial charge in [-0.15, -0.1) is 0 Å². The number of hydrogen-bond acceptors (Lipinski definition) is 4. The quantitative estimate of drug-likeness (QED) is 0.631. The van der Waals surface area contributed by atoms with Crippen molar-refractivity contribution in [2.45, 2.75) is 31.6 Å². The molecular formula is C21H23N3O3S. The minimum absolute atomic E-state index is 0.211. The first kappa shape index (κ1) is 19.9. The lowest BCUT2D eigenvalue weighted by molar-refractivity contribution is 0.414. The number of benzene rings is 2. The van der Waals surface area contributed by atoms with Crippen molar-refractivity contribution in [1.82, 2.24) is 4.57 Å². The Morgan fingerprint density at radius 2 is 1.86 bits per heavy atom. The summed E-state index contributed by atoms with van der Waals surface area (Å²) in [6.45, 7) is 0.808. The van der Waals surface area contributed by atoms with E-state index in [0.29, 0.717) is 5.56 Å². The van der Waals surface area contributed by atoms with Gasteiger partial charge in [-0.3, -0.25) is 0 Å². The zero-order valence-electron chi connectivity index (χ0n) is 15.8. The van der Waals surface area contributed by atoms with E-state index >= 15 is 0 Å². The van der Waals surface area contributed by atoms with Crippen molar-refractivity contribution < 1.29 is 13.2 Å². The van der Waals surface area contributed by atoms with Gasteiger partial charge >= 0.3 is 0 Å². The van der Waals surface area contributed by atoms with Gasteiger partial charge in [0.15, 0.2) is 0 Å². The molecule has 0 saturated heterocycles. The second-order valence-corrected chi connectivity index (χ2v) is 8.41. The molecule has 1 aromatic heterocycles. The SMILES string of the molecule is COc1ccc(CCCn2cc(CC#N)c3cc(CS(N)(=O)=O)ccc32)cc1. The van der Waals surface area contributed by atoms with E-state index in [9.17, 15) is 8.42 Å². The Bertz CT molecular complexity index is 1110. The molecule has 0 radical (unpaired) electrons. The van der Waals surface area contributed by atoms with Crippen molar-refractivity contribution in [3.8, 4) is 11.8 Å². The fraction of sp³-hybridized carbons (Fsp3) is 0.286. The average molecular weight is 398 g/mol. The van der Waals surface area contributed by atoms with Crippen LogP contribution in [-0.4, -0.2) is 20.1 Å². The summed E-state index contributed by atoms with van der Waals surface area (Å²) in [5.74, 6) is 0.633. The average Bonchev–Trinajstić information content (AvgIpc) is 2.98. The molecule has 0 amide bonds. The molecule has 0 unspecified atom stereocenters. The van der Waals surface area contributed by atoms with Crippen molar-refractivity contribution in [1.29, 1.82) is 5.26 Å². The first-order valence-electron chi connectivity index (χ1n) is 9.00. The lowest BCUT2D eigenvalue weighted by atomic mass is 10.1. The molecule has 0 atom stereocenters. The number of aromatic nitrogens is 1. The van der Waals surface area contributed by atoms with Crippen molar-refractivity contribution >= 4 is 20.9 Å². The third-order valence-corrected chi connectivity index (χ3v) is 5.42. The number of rotatable bonds is 8. The number of nitrogens with zero attached hydrogens (tertiary/aromatic N) is 2. The van der Waals surface area contributed by atoms with Crippen molar-refractivity contribution in [3.05, 3.63) is 65.4 Å². The van der Waals surface area contributed by atoms with Gasteiger partial charge in [-0.05, 0) is 53.8 Å². The third kappa shape index (κ3) is 4.91. The van der Waals surface area contributed by atoms with Crippen LogP contribution in [0, 0.1) is 11.3 Å². The first-order chi connectivity index (χ1) is 13.4. The van der Waals surface area contributed by atoms with Crippen LogP contribution in [0.5, 0.6) is 5.75 Å². The van der Waals surface area contributed by atoms with Gasteiger partial charge < -0.3 is 9.30 Å². The van der Waals surface area contributed by atoms with Crippen LogP contribution in [0.4, 0.5) is 0 Å². The maximum atomic E-state index is 11.4. The molecule has 0 aliphatic heterocycles. The highest BCUT2D eigenvalue weighted by molar-refractivity contribution is 7.88.